The van der Waals surface area contributed by atoms with Crippen LogP contribution in [0, 0.1) is 12.8 Å². The highest BCUT2D eigenvalue weighted by atomic mass is 16.5. The van der Waals surface area contributed by atoms with Crippen LogP contribution in [0.2, 0.25) is 0 Å². The first kappa shape index (κ1) is 14.1. The standard InChI is InChI=1S/C20H19NO2/c1-12-11-14(9-10-17(12)23-2)19-18(20(22)13-7-8-13)15-5-3-4-6-16(15)21-19/h3-6,9-11,13,21H,7-8H2,1-2H3. The number of fused-ring (bicyclic) bond motifs is 1. The largest absolute Gasteiger partial charge is 0.496 e. The highest BCUT2D eigenvalue weighted by molar-refractivity contribution is 6.14. The molecule has 0 spiro atoms. The molecular weight excluding hydrogens is 286 g/mol. The van der Waals surface area contributed by atoms with Gasteiger partial charge in [0.1, 0.15) is 5.75 Å². The first-order valence-electron chi connectivity index (χ1n) is 7.99. The summed E-state index contributed by atoms with van der Waals surface area (Å²) in [6.45, 7) is 2.02. The number of hydrogen-bond acceptors (Lipinski definition) is 2. The van der Waals surface area contributed by atoms with Gasteiger partial charge in [-0.25, -0.2) is 0 Å². The van der Waals surface area contributed by atoms with E-state index in [1.165, 1.54) is 0 Å². The summed E-state index contributed by atoms with van der Waals surface area (Å²) in [4.78, 5) is 16.3. The molecular formula is C20H19NO2. The molecule has 0 bridgehead atoms. The van der Waals surface area contributed by atoms with Gasteiger partial charge < -0.3 is 9.72 Å². The molecule has 0 unspecified atom stereocenters. The Morgan fingerprint density at radius 1 is 1.17 bits per heavy atom. The Morgan fingerprint density at radius 2 is 1.96 bits per heavy atom. The lowest BCUT2D eigenvalue weighted by Crippen LogP contribution is -2.02. The molecule has 1 aliphatic carbocycles. The summed E-state index contributed by atoms with van der Waals surface area (Å²) in [5.74, 6) is 1.33. The van der Waals surface area contributed by atoms with Gasteiger partial charge in [0.15, 0.2) is 5.78 Å². The van der Waals surface area contributed by atoms with E-state index in [4.69, 9.17) is 4.74 Å². The quantitative estimate of drug-likeness (QED) is 0.707. The summed E-state index contributed by atoms with van der Waals surface area (Å²) < 4.78 is 5.34. The number of nitrogens with one attached hydrogen (secondary N) is 1. The number of methoxy groups -OCH3 is 1. The highest BCUT2D eigenvalue weighted by Crippen LogP contribution is 2.39. The molecule has 1 saturated carbocycles. The van der Waals surface area contributed by atoms with Gasteiger partial charge in [-0.1, -0.05) is 18.2 Å². The smallest absolute Gasteiger partial charge is 0.168 e. The van der Waals surface area contributed by atoms with Gasteiger partial charge in [0, 0.05) is 16.8 Å². The summed E-state index contributed by atoms with van der Waals surface area (Å²) in [7, 11) is 1.67. The van der Waals surface area contributed by atoms with Crippen LogP contribution in [0.1, 0.15) is 28.8 Å². The van der Waals surface area contributed by atoms with E-state index in [0.717, 1.165) is 51.9 Å². The Balaban J connectivity index is 1.93. The lowest BCUT2D eigenvalue weighted by Gasteiger charge is -2.08. The van der Waals surface area contributed by atoms with E-state index >= 15 is 0 Å². The normalized spacial score (nSPS) is 14.2. The van der Waals surface area contributed by atoms with E-state index in [-0.39, 0.29) is 11.7 Å². The third-order valence-corrected chi connectivity index (χ3v) is 4.58. The van der Waals surface area contributed by atoms with Crippen LogP contribution >= 0.6 is 0 Å². The number of benzene rings is 2. The number of aromatic nitrogens is 1. The van der Waals surface area contributed by atoms with Crippen LogP contribution in [-0.2, 0) is 0 Å². The molecule has 0 saturated heterocycles. The third kappa shape index (κ3) is 2.33. The van der Waals surface area contributed by atoms with Crippen molar-refractivity contribution in [3.05, 3.63) is 53.6 Å². The number of carbonyl (C=O) groups is 1. The number of para-hydroxylation sites is 1. The van der Waals surface area contributed by atoms with Crippen molar-refractivity contribution in [3.63, 3.8) is 0 Å². The van der Waals surface area contributed by atoms with Crippen LogP contribution < -0.4 is 4.74 Å². The monoisotopic (exact) mass is 305 g/mol. The van der Waals surface area contributed by atoms with Gasteiger partial charge in [0.05, 0.1) is 18.4 Å². The van der Waals surface area contributed by atoms with Crippen molar-refractivity contribution in [3.8, 4) is 17.0 Å². The molecule has 1 fully saturated rings. The second-order valence-corrected chi connectivity index (χ2v) is 6.24. The fourth-order valence-corrected chi connectivity index (χ4v) is 3.20. The van der Waals surface area contributed by atoms with Crippen LogP contribution in [0.15, 0.2) is 42.5 Å². The number of carbonyl (C=O) groups excluding carboxylic acids is 1. The first-order chi connectivity index (χ1) is 11.2. The molecule has 1 aliphatic rings. The zero-order valence-electron chi connectivity index (χ0n) is 13.3. The van der Waals surface area contributed by atoms with E-state index in [1.54, 1.807) is 7.11 Å². The first-order valence-corrected chi connectivity index (χ1v) is 7.99. The number of rotatable bonds is 4. The minimum atomic E-state index is 0.201. The fraction of sp³-hybridized carbons (Fsp3) is 0.250. The molecule has 0 radical (unpaired) electrons. The van der Waals surface area contributed by atoms with Crippen LogP contribution in [0.4, 0.5) is 0 Å². The van der Waals surface area contributed by atoms with E-state index in [0.29, 0.717) is 0 Å². The summed E-state index contributed by atoms with van der Waals surface area (Å²) in [5.41, 5.74) is 4.87. The van der Waals surface area contributed by atoms with Crippen LogP contribution in [-0.4, -0.2) is 17.9 Å². The second kappa shape index (κ2) is 5.27. The Bertz CT molecular complexity index is 903. The SMILES string of the molecule is COc1ccc(-c2[nH]c3ccccc3c2C(=O)C2CC2)cc1C. The van der Waals surface area contributed by atoms with Gasteiger partial charge in [-0.15, -0.1) is 0 Å². The predicted molar refractivity (Wildman–Crippen MR) is 92.1 cm³/mol. The van der Waals surface area contributed by atoms with E-state index in [9.17, 15) is 4.79 Å². The molecule has 3 nitrogen and oxygen atoms in total. The van der Waals surface area contributed by atoms with Gasteiger partial charge in [0.25, 0.3) is 0 Å². The molecule has 0 atom stereocenters. The topological polar surface area (TPSA) is 42.1 Å². The molecule has 0 amide bonds. The molecule has 116 valence electrons. The maximum absolute atomic E-state index is 12.8. The number of hydrogen-bond donors (Lipinski definition) is 1. The second-order valence-electron chi connectivity index (χ2n) is 6.24. The van der Waals surface area contributed by atoms with Crippen molar-refractivity contribution in [2.75, 3.05) is 7.11 Å². The third-order valence-electron chi connectivity index (χ3n) is 4.58. The van der Waals surface area contributed by atoms with Gasteiger partial charge in [-0.05, 0) is 55.2 Å². The minimum Gasteiger partial charge on any atom is -0.496 e. The maximum atomic E-state index is 12.8. The molecule has 1 heterocycles. The summed E-state index contributed by atoms with van der Waals surface area (Å²) >= 11 is 0. The number of aryl methyl sites for hydroxylation is 1. The van der Waals surface area contributed by atoms with E-state index in [1.807, 2.05) is 43.3 Å². The number of ether oxygens (including phenoxy) is 1. The van der Waals surface area contributed by atoms with Crippen molar-refractivity contribution in [1.29, 1.82) is 0 Å². The van der Waals surface area contributed by atoms with Gasteiger partial charge in [-0.3, -0.25) is 4.79 Å². The predicted octanol–water partition coefficient (Wildman–Crippen LogP) is 4.74. The Hall–Kier alpha value is -2.55. The molecule has 23 heavy (non-hydrogen) atoms. The molecule has 4 rings (SSSR count). The Labute approximate surface area is 135 Å². The van der Waals surface area contributed by atoms with Gasteiger partial charge in [0.2, 0.25) is 0 Å². The molecule has 3 aromatic rings. The average molecular weight is 305 g/mol. The zero-order chi connectivity index (χ0) is 16.0. The molecule has 1 N–H and O–H groups in total. The molecule has 3 heteroatoms. The Kier molecular flexibility index (Phi) is 3.22. The number of ketones is 1. The van der Waals surface area contributed by atoms with E-state index < -0.39 is 0 Å². The van der Waals surface area contributed by atoms with Crippen LogP contribution in [0.5, 0.6) is 5.75 Å². The average Bonchev–Trinajstić information content (AvgIpc) is 3.34. The Morgan fingerprint density at radius 3 is 2.65 bits per heavy atom. The maximum Gasteiger partial charge on any atom is 0.168 e. The summed E-state index contributed by atoms with van der Waals surface area (Å²) in [6.07, 6.45) is 2.03. The van der Waals surface area contributed by atoms with Crippen molar-refractivity contribution in [2.45, 2.75) is 19.8 Å². The summed E-state index contributed by atoms with van der Waals surface area (Å²) in [5, 5.41) is 1.02. The zero-order valence-corrected chi connectivity index (χ0v) is 13.3. The molecule has 1 aromatic heterocycles. The van der Waals surface area contributed by atoms with Crippen LogP contribution in [0.25, 0.3) is 22.2 Å². The number of Topliss-reactive ketones (excluding diaryl/α,β-unsaturated/α-hetero) is 1. The fourth-order valence-electron chi connectivity index (χ4n) is 3.20. The van der Waals surface area contributed by atoms with Crippen molar-refractivity contribution in [1.82, 2.24) is 4.98 Å². The number of aromatic amines is 1. The summed E-state index contributed by atoms with van der Waals surface area (Å²) in [6, 6.07) is 14.1. The lowest BCUT2D eigenvalue weighted by atomic mass is 9.98. The highest BCUT2D eigenvalue weighted by Gasteiger charge is 2.33. The van der Waals surface area contributed by atoms with Crippen LogP contribution in [0.3, 0.4) is 0 Å². The van der Waals surface area contributed by atoms with Crippen molar-refractivity contribution < 1.29 is 9.53 Å². The van der Waals surface area contributed by atoms with E-state index in [2.05, 4.69) is 11.1 Å². The van der Waals surface area contributed by atoms with Gasteiger partial charge >= 0.3 is 0 Å². The number of H-pyrrole nitrogens is 1. The molecule has 2 aromatic carbocycles. The lowest BCUT2D eigenvalue weighted by molar-refractivity contribution is 0.0970. The van der Waals surface area contributed by atoms with Crippen molar-refractivity contribution >= 4 is 16.7 Å². The van der Waals surface area contributed by atoms with Crippen molar-refractivity contribution in [2.24, 2.45) is 5.92 Å². The van der Waals surface area contributed by atoms with Gasteiger partial charge in [-0.2, -0.15) is 0 Å². The molecule has 0 aliphatic heterocycles. The minimum absolute atomic E-state index is 0.201.